The molecule has 0 aliphatic carbocycles. The van der Waals surface area contributed by atoms with Gasteiger partial charge in [-0.25, -0.2) is 21.1 Å². The number of nitrogens with one attached hydrogen (secondary N) is 1. The van der Waals surface area contributed by atoms with Crippen LogP contribution in [-0.2, 0) is 31.1 Å². The molecule has 0 bridgehead atoms. The summed E-state index contributed by atoms with van der Waals surface area (Å²) in [7, 11) is -6.70. The van der Waals surface area contributed by atoms with Crippen LogP contribution in [0.15, 0.2) is 59.5 Å². The first-order valence-corrected chi connectivity index (χ1v) is 14.7. The van der Waals surface area contributed by atoms with Crippen molar-refractivity contribution in [1.82, 2.24) is 9.62 Å². The molecule has 0 spiro atoms. The third kappa shape index (κ3) is 7.12. The van der Waals surface area contributed by atoms with Crippen LogP contribution in [0.4, 0.5) is 0 Å². The van der Waals surface area contributed by atoms with Gasteiger partial charge in [-0.1, -0.05) is 42.5 Å². The number of rotatable bonds is 9. The van der Waals surface area contributed by atoms with E-state index in [1.54, 1.807) is 12.1 Å². The quantitative estimate of drug-likeness (QED) is 0.580. The number of amides is 1. The first-order valence-electron chi connectivity index (χ1n) is 11.2. The van der Waals surface area contributed by atoms with Gasteiger partial charge in [-0.15, -0.1) is 0 Å². The molecule has 180 valence electrons. The van der Waals surface area contributed by atoms with Crippen molar-refractivity contribution >= 4 is 25.8 Å². The van der Waals surface area contributed by atoms with Crippen molar-refractivity contribution in [2.45, 2.75) is 43.5 Å². The predicted molar refractivity (Wildman–Crippen MR) is 129 cm³/mol. The van der Waals surface area contributed by atoms with Crippen LogP contribution < -0.4 is 5.32 Å². The summed E-state index contributed by atoms with van der Waals surface area (Å²) < 4.78 is 50.4. The van der Waals surface area contributed by atoms with Gasteiger partial charge in [-0.2, -0.15) is 0 Å². The third-order valence-electron chi connectivity index (χ3n) is 6.03. The van der Waals surface area contributed by atoms with Crippen LogP contribution in [-0.4, -0.2) is 52.1 Å². The topological polar surface area (TPSA) is 101 Å². The molecular formula is C24H32N2O5S2. The molecule has 0 aromatic heterocycles. The molecule has 1 aliphatic heterocycles. The van der Waals surface area contributed by atoms with Gasteiger partial charge in [0.05, 0.1) is 22.6 Å². The van der Waals surface area contributed by atoms with Crippen molar-refractivity contribution in [2.24, 2.45) is 5.92 Å². The molecule has 0 radical (unpaired) electrons. The minimum Gasteiger partial charge on any atom is -0.349 e. The van der Waals surface area contributed by atoms with Crippen LogP contribution in [0, 0.1) is 5.92 Å². The maximum atomic E-state index is 12.9. The number of piperidine rings is 1. The number of hydrogen-bond donors (Lipinski definition) is 1. The summed E-state index contributed by atoms with van der Waals surface area (Å²) in [6, 6.07) is 15.9. The zero-order valence-electron chi connectivity index (χ0n) is 19.1. The Balaban J connectivity index is 1.54. The normalized spacial score (nSPS) is 18.5. The molecule has 2 atom stereocenters. The first kappa shape index (κ1) is 25.4. The minimum atomic E-state index is -3.42. The zero-order chi connectivity index (χ0) is 24.1. The number of hydrogen-bond acceptors (Lipinski definition) is 5. The monoisotopic (exact) mass is 492 g/mol. The minimum absolute atomic E-state index is 0.0688. The molecule has 2 aromatic rings. The summed E-state index contributed by atoms with van der Waals surface area (Å²) >= 11 is 0. The second-order valence-corrected chi connectivity index (χ2v) is 12.8. The molecular weight excluding hydrogens is 460 g/mol. The number of benzene rings is 2. The van der Waals surface area contributed by atoms with Gasteiger partial charge in [0.1, 0.15) is 0 Å². The molecule has 1 N–H and O–H groups in total. The lowest BCUT2D eigenvalue weighted by molar-refractivity contribution is -0.126. The summed E-state index contributed by atoms with van der Waals surface area (Å²) in [6.07, 6.45) is 3.68. The molecule has 7 nitrogen and oxygen atoms in total. The summed E-state index contributed by atoms with van der Waals surface area (Å²) in [5.74, 6) is -0.515. The molecule has 0 saturated carbocycles. The Kier molecular flexibility index (Phi) is 8.31. The zero-order valence-corrected chi connectivity index (χ0v) is 20.7. The van der Waals surface area contributed by atoms with E-state index in [4.69, 9.17) is 0 Å². The fourth-order valence-electron chi connectivity index (χ4n) is 4.06. The first-order chi connectivity index (χ1) is 15.6. The van der Waals surface area contributed by atoms with E-state index in [1.807, 2.05) is 37.3 Å². The average Bonchev–Trinajstić information content (AvgIpc) is 2.79. The molecule has 1 fully saturated rings. The summed E-state index contributed by atoms with van der Waals surface area (Å²) in [6.45, 7) is 2.47. The Morgan fingerprint density at radius 2 is 1.73 bits per heavy atom. The Morgan fingerprint density at radius 3 is 2.36 bits per heavy atom. The SMILES string of the molecule is CC(NC(=O)C1CCCN(S(=O)(=O)CCCc2ccccc2)C1)c1ccc(S(C)(=O)=O)cc1. The largest absolute Gasteiger partial charge is 0.349 e. The fraction of sp³-hybridized carbons (Fsp3) is 0.458. The molecule has 1 saturated heterocycles. The van der Waals surface area contributed by atoms with E-state index in [9.17, 15) is 21.6 Å². The number of sulfone groups is 1. The van der Waals surface area contributed by atoms with Crippen molar-refractivity contribution in [3.05, 3.63) is 65.7 Å². The van der Waals surface area contributed by atoms with Gasteiger partial charge in [0.15, 0.2) is 9.84 Å². The Hall–Kier alpha value is -2.23. The lowest BCUT2D eigenvalue weighted by Gasteiger charge is -2.32. The number of nitrogens with zero attached hydrogens (tertiary/aromatic N) is 1. The van der Waals surface area contributed by atoms with E-state index >= 15 is 0 Å². The van der Waals surface area contributed by atoms with Gasteiger partial charge in [0.2, 0.25) is 15.9 Å². The van der Waals surface area contributed by atoms with E-state index in [-0.39, 0.29) is 29.1 Å². The van der Waals surface area contributed by atoms with E-state index in [0.717, 1.165) is 17.4 Å². The van der Waals surface area contributed by atoms with Crippen LogP contribution in [0.3, 0.4) is 0 Å². The van der Waals surface area contributed by atoms with Crippen LogP contribution in [0.5, 0.6) is 0 Å². The van der Waals surface area contributed by atoms with Gasteiger partial charge in [0, 0.05) is 19.3 Å². The number of sulfonamides is 1. The molecule has 33 heavy (non-hydrogen) atoms. The lowest BCUT2D eigenvalue weighted by Crippen LogP contribution is -2.46. The van der Waals surface area contributed by atoms with Gasteiger partial charge < -0.3 is 5.32 Å². The van der Waals surface area contributed by atoms with Crippen molar-refractivity contribution in [1.29, 1.82) is 0 Å². The summed E-state index contributed by atoms with van der Waals surface area (Å²) in [5, 5.41) is 2.95. The highest BCUT2D eigenvalue weighted by Gasteiger charge is 2.32. The maximum Gasteiger partial charge on any atom is 0.224 e. The standard InChI is InChI=1S/C24H32N2O5S2/c1-19(21-12-14-23(15-13-21)32(2,28)29)25-24(27)22-11-6-16-26(18-22)33(30,31)17-7-10-20-8-4-3-5-9-20/h3-5,8-9,12-15,19,22H,6-7,10-11,16-18H2,1-2H3,(H,25,27). The molecule has 2 aromatic carbocycles. The van der Waals surface area contributed by atoms with Crippen molar-refractivity contribution < 1.29 is 21.6 Å². The van der Waals surface area contributed by atoms with Crippen LogP contribution in [0.25, 0.3) is 0 Å². The number of carbonyl (C=O) groups excluding carboxylic acids is 1. The highest BCUT2D eigenvalue weighted by Crippen LogP contribution is 2.22. The van der Waals surface area contributed by atoms with Gasteiger partial charge >= 0.3 is 0 Å². The Morgan fingerprint density at radius 1 is 1.06 bits per heavy atom. The fourth-order valence-corrected chi connectivity index (χ4v) is 6.27. The number of carbonyl (C=O) groups is 1. The van der Waals surface area contributed by atoms with Gasteiger partial charge in [0.25, 0.3) is 0 Å². The molecule has 1 aliphatic rings. The molecule has 3 rings (SSSR count). The van der Waals surface area contributed by atoms with Crippen LogP contribution >= 0.6 is 0 Å². The van der Waals surface area contributed by atoms with Crippen LogP contribution in [0.1, 0.15) is 43.4 Å². The van der Waals surface area contributed by atoms with E-state index < -0.39 is 25.8 Å². The average molecular weight is 493 g/mol. The number of aryl methyl sites for hydroxylation is 1. The van der Waals surface area contributed by atoms with Gasteiger partial charge in [-0.05, 0) is 55.9 Å². The second-order valence-electron chi connectivity index (χ2n) is 8.67. The maximum absolute atomic E-state index is 12.9. The van der Waals surface area contributed by atoms with E-state index in [2.05, 4.69) is 5.32 Å². The van der Waals surface area contributed by atoms with Crippen LogP contribution in [0.2, 0.25) is 0 Å². The smallest absolute Gasteiger partial charge is 0.224 e. The molecule has 1 amide bonds. The Bertz CT molecular complexity index is 1150. The van der Waals surface area contributed by atoms with E-state index in [1.165, 1.54) is 16.4 Å². The molecule has 9 heteroatoms. The van der Waals surface area contributed by atoms with Gasteiger partial charge in [-0.3, -0.25) is 4.79 Å². The molecule has 1 heterocycles. The second kappa shape index (κ2) is 10.8. The van der Waals surface area contributed by atoms with Crippen molar-refractivity contribution in [2.75, 3.05) is 25.1 Å². The van der Waals surface area contributed by atoms with Crippen molar-refractivity contribution in [3.63, 3.8) is 0 Å². The lowest BCUT2D eigenvalue weighted by atomic mass is 9.98. The molecule has 2 unspecified atom stereocenters. The highest BCUT2D eigenvalue weighted by atomic mass is 32.2. The third-order valence-corrected chi connectivity index (χ3v) is 9.08. The summed E-state index contributed by atoms with van der Waals surface area (Å²) in [5.41, 5.74) is 1.90. The van der Waals surface area contributed by atoms with Crippen molar-refractivity contribution in [3.8, 4) is 0 Å². The highest BCUT2D eigenvalue weighted by molar-refractivity contribution is 7.90. The predicted octanol–water partition coefficient (Wildman–Crippen LogP) is 2.94. The Labute approximate surface area is 197 Å². The van der Waals surface area contributed by atoms with E-state index in [0.29, 0.717) is 32.2 Å². The summed E-state index contributed by atoms with van der Waals surface area (Å²) in [4.78, 5) is 13.1.